The lowest BCUT2D eigenvalue weighted by molar-refractivity contribution is 0.116. The molecule has 4 rings (SSSR count). The molecule has 0 aliphatic heterocycles. The van der Waals surface area contributed by atoms with E-state index in [4.69, 9.17) is 5.53 Å². The van der Waals surface area contributed by atoms with Crippen LogP contribution in [-0.2, 0) is 26.3 Å². The van der Waals surface area contributed by atoms with Crippen LogP contribution in [0, 0.1) is 5.92 Å². The molecule has 43 heavy (non-hydrogen) atoms. The minimum absolute atomic E-state index is 0.0377. The molecule has 1 aromatic heterocycles. The van der Waals surface area contributed by atoms with Gasteiger partial charge >= 0.3 is 0 Å². The molecule has 0 amide bonds. The summed E-state index contributed by atoms with van der Waals surface area (Å²) in [5.74, 6) is 0.141. The van der Waals surface area contributed by atoms with Crippen molar-refractivity contribution in [1.29, 1.82) is 0 Å². The number of azide groups is 1. The average Bonchev–Trinajstić information content (AvgIpc) is 2.97. The highest BCUT2D eigenvalue weighted by atomic mass is 32.2. The van der Waals surface area contributed by atoms with Crippen LogP contribution in [0.4, 0.5) is 0 Å². The lowest BCUT2D eigenvalue weighted by Gasteiger charge is -2.28. The number of fused-ring (bicyclic) bond motifs is 1. The molecule has 2 N–H and O–H groups in total. The molecule has 0 saturated carbocycles. The van der Waals surface area contributed by atoms with Crippen LogP contribution in [0.3, 0.4) is 0 Å². The Morgan fingerprint density at radius 1 is 0.907 bits per heavy atom. The summed E-state index contributed by atoms with van der Waals surface area (Å²) in [6.07, 6.45) is 1.80. The molecule has 0 spiro atoms. The third-order valence-corrected chi connectivity index (χ3v) is 9.34. The number of sulfonamides is 1. The summed E-state index contributed by atoms with van der Waals surface area (Å²) in [5, 5.41) is 24.6. The summed E-state index contributed by atoms with van der Waals surface area (Å²) >= 11 is 0. The van der Waals surface area contributed by atoms with Crippen molar-refractivity contribution in [3.05, 3.63) is 107 Å². The number of sulfone groups is 1. The Bertz CT molecular complexity index is 1750. The van der Waals surface area contributed by atoms with Gasteiger partial charge in [-0.15, -0.1) is 0 Å². The molecule has 0 aliphatic carbocycles. The van der Waals surface area contributed by atoms with Gasteiger partial charge < -0.3 is 10.2 Å². The maximum atomic E-state index is 13.1. The maximum Gasteiger partial charge on any atom is 0.243 e. The molecule has 3 aromatic carbocycles. The molecule has 4 aromatic rings. The number of benzene rings is 3. The molecular weight excluding hydrogens is 590 g/mol. The quantitative estimate of drug-likeness (QED) is 0.135. The molecular formula is C30H35N5O6S2. The van der Waals surface area contributed by atoms with Gasteiger partial charge in [0.2, 0.25) is 10.0 Å². The van der Waals surface area contributed by atoms with E-state index in [1.165, 1.54) is 34.8 Å². The minimum atomic E-state index is -3.81. The number of aliphatic hydroxyl groups excluding tert-OH is 1. The number of aliphatic hydroxyl groups is 1. The average molecular weight is 626 g/mol. The van der Waals surface area contributed by atoms with E-state index < -0.39 is 32.0 Å². The van der Waals surface area contributed by atoms with Crippen LogP contribution in [0.2, 0.25) is 0 Å². The summed E-state index contributed by atoms with van der Waals surface area (Å²) in [7, 11) is -7.00. The van der Waals surface area contributed by atoms with Crippen molar-refractivity contribution in [1.82, 2.24) is 9.29 Å². The molecule has 0 saturated heterocycles. The van der Waals surface area contributed by atoms with Gasteiger partial charge in [-0.25, -0.2) is 16.8 Å². The predicted molar refractivity (Wildman–Crippen MR) is 166 cm³/mol. The Morgan fingerprint density at radius 3 is 2.16 bits per heavy atom. The number of aromatic hydroxyl groups is 1. The van der Waals surface area contributed by atoms with Crippen LogP contribution in [0.1, 0.15) is 19.4 Å². The molecule has 1 unspecified atom stereocenters. The summed E-state index contributed by atoms with van der Waals surface area (Å²) in [5.41, 5.74) is 10.2. The van der Waals surface area contributed by atoms with E-state index in [0.29, 0.717) is 5.52 Å². The normalized spacial score (nSPS) is 13.2. The maximum absolute atomic E-state index is 13.1. The molecule has 2 atom stereocenters. The predicted octanol–water partition coefficient (Wildman–Crippen LogP) is 4.96. The second kappa shape index (κ2) is 14.9. The van der Waals surface area contributed by atoms with Gasteiger partial charge in [-0.05, 0) is 59.8 Å². The fraction of sp³-hybridized carbons (Fsp3) is 0.300. The zero-order valence-corrected chi connectivity index (χ0v) is 25.7. The number of pyridine rings is 1. The molecule has 228 valence electrons. The van der Waals surface area contributed by atoms with Crippen molar-refractivity contribution in [3.63, 3.8) is 0 Å². The first-order valence-corrected chi connectivity index (χ1v) is 16.7. The van der Waals surface area contributed by atoms with Crippen molar-refractivity contribution in [2.24, 2.45) is 11.0 Å². The van der Waals surface area contributed by atoms with Crippen LogP contribution in [0.15, 0.2) is 106 Å². The highest BCUT2D eigenvalue weighted by molar-refractivity contribution is 7.91. The van der Waals surface area contributed by atoms with Crippen LogP contribution in [-0.4, -0.2) is 67.8 Å². The SMILES string of the molecule is CC(C)CN(CC(O)[C@H](Cc1ccc(O)cc1)N=[N+]=[N-])S(=O)(=O)c1ccccc1.CS(=O)(=O)c1cccc2cccnc12. The Balaban J connectivity index is 0.000000299. The zero-order valence-electron chi connectivity index (χ0n) is 24.1. The van der Waals surface area contributed by atoms with E-state index in [1.807, 2.05) is 26.0 Å². The van der Waals surface area contributed by atoms with Crippen molar-refractivity contribution in [3.8, 4) is 5.75 Å². The third kappa shape index (κ3) is 9.50. The molecule has 1 heterocycles. The van der Waals surface area contributed by atoms with Crippen molar-refractivity contribution < 1.29 is 27.0 Å². The van der Waals surface area contributed by atoms with Gasteiger partial charge in [-0.2, -0.15) is 4.31 Å². The van der Waals surface area contributed by atoms with Crippen molar-refractivity contribution >= 4 is 30.8 Å². The van der Waals surface area contributed by atoms with Gasteiger partial charge in [0.25, 0.3) is 0 Å². The summed E-state index contributed by atoms with van der Waals surface area (Å²) < 4.78 is 50.2. The fourth-order valence-corrected chi connectivity index (χ4v) is 6.81. The van der Waals surface area contributed by atoms with Gasteiger partial charge in [0.05, 0.1) is 27.5 Å². The van der Waals surface area contributed by atoms with Gasteiger partial charge in [0, 0.05) is 35.8 Å². The van der Waals surface area contributed by atoms with Crippen LogP contribution in [0.5, 0.6) is 5.75 Å². The number of para-hydroxylation sites is 1. The second-order valence-electron chi connectivity index (χ2n) is 10.3. The van der Waals surface area contributed by atoms with Gasteiger partial charge in [0.1, 0.15) is 5.75 Å². The molecule has 11 nitrogen and oxygen atoms in total. The number of hydrogen-bond acceptors (Lipinski definition) is 8. The molecule has 0 radical (unpaired) electrons. The largest absolute Gasteiger partial charge is 0.508 e. The highest BCUT2D eigenvalue weighted by Gasteiger charge is 2.30. The Morgan fingerprint density at radius 2 is 1.56 bits per heavy atom. The number of aromatic nitrogens is 1. The van der Waals surface area contributed by atoms with Crippen molar-refractivity contribution in [2.45, 2.75) is 42.2 Å². The molecule has 0 fully saturated rings. The fourth-order valence-electron chi connectivity index (χ4n) is 4.32. The second-order valence-corrected chi connectivity index (χ2v) is 14.3. The zero-order chi connectivity index (χ0) is 31.6. The first-order valence-electron chi connectivity index (χ1n) is 13.4. The first-order chi connectivity index (χ1) is 20.3. The Labute approximate surface area is 252 Å². The lowest BCUT2D eigenvalue weighted by Crippen LogP contribution is -2.43. The Kier molecular flexibility index (Phi) is 11.6. The molecule has 13 heteroatoms. The van der Waals surface area contributed by atoms with E-state index in [-0.39, 0.29) is 41.0 Å². The monoisotopic (exact) mass is 625 g/mol. The van der Waals surface area contributed by atoms with E-state index in [1.54, 1.807) is 54.7 Å². The number of hydrogen-bond donors (Lipinski definition) is 2. The molecule has 0 bridgehead atoms. The van der Waals surface area contributed by atoms with Gasteiger partial charge in [-0.1, -0.05) is 67.5 Å². The standard InChI is InChI=1S/C20H26N4O4S.C10H9NO2S/c1-15(2)13-24(29(27,28)18-6-4-3-5-7-18)14-20(26)19(22-23-21)12-16-8-10-17(25)11-9-16;1-14(12,13)9-6-2-4-8-5-3-7-11-10(8)9/h3-11,15,19-20,25-26H,12-14H2,1-2H3;2-7H,1H3/t19-,20?;/m0./s1. The highest BCUT2D eigenvalue weighted by Crippen LogP contribution is 2.21. The van der Waals surface area contributed by atoms with E-state index in [0.717, 1.165) is 10.9 Å². The Hall–Kier alpha value is -4.00. The third-order valence-electron chi connectivity index (χ3n) is 6.36. The van der Waals surface area contributed by atoms with Crippen LogP contribution >= 0.6 is 0 Å². The van der Waals surface area contributed by atoms with Crippen molar-refractivity contribution in [2.75, 3.05) is 19.3 Å². The van der Waals surface area contributed by atoms with E-state index >= 15 is 0 Å². The molecule has 0 aliphatic rings. The number of nitrogens with zero attached hydrogens (tertiary/aromatic N) is 5. The smallest absolute Gasteiger partial charge is 0.243 e. The van der Waals surface area contributed by atoms with E-state index in [2.05, 4.69) is 15.0 Å². The first kappa shape index (κ1) is 33.5. The minimum Gasteiger partial charge on any atom is -0.508 e. The van der Waals surface area contributed by atoms with E-state index in [9.17, 15) is 27.0 Å². The van der Waals surface area contributed by atoms with Crippen LogP contribution in [0.25, 0.3) is 21.3 Å². The van der Waals surface area contributed by atoms with Crippen LogP contribution < -0.4 is 0 Å². The summed E-state index contributed by atoms with van der Waals surface area (Å²) in [4.78, 5) is 7.31. The summed E-state index contributed by atoms with van der Waals surface area (Å²) in [6, 6.07) is 22.3. The number of phenols is 1. The lowest BCUT2D eigenvalue weighted by atomic mass is 10.0. The number of phenolic OH excluding ortho intramolecular Hbond substituents is 1. The van der Waals surface area contributed by atoms with Gasteiger partial charge in [-0.3, -0.25) is 4.98 Å². The topological polar surface area (TPSA) is 174 Å². The number of rotatable bonds is 11. The summed E-state index contributed by atoms with van der Waals surface area (Å²) in [6.45, 7) is 3.80. The van der Waals surface area contributed by atoms with Gasteiger partial charge in [0.15, 0.2) is 9.84 Å².